The third-order valence-corrected chi connectivity index (χ3v) is 2.81. The van der Waals surface area contributed by atoms with Crippen molar-refractivity contribution in [2.24, 2.45) is 0 Å². The quantitative estimate of drug-likeness (QED) is 0.318. The first kappa shape index (κ1) is 14.9. The first-order valence-electron chi connectivity index (χ1n) is 6.12. The highest BCUT2D eigenvalue weighted by Crippen LogP contribution is 1.99. The fraction of sp³-hybridized carbons (Fsp3) is 0.636. The lowest BCUT2D eigenvalue weighted by Crippen LogP contribution is -2.52. The van der Waals surface area contributed by atoms with Crippen LogP contribution in [-0.4, -0.2) is 73.7 Å². The lowest BCUT2D eigenvalue weighted by molar-refractivity contribution is -0.147. The van der Waals surface area contributed by atoms with Crippen LogP contribution < -0.4 is 10.6 Å². The van der Waals surface area contributed by atoms with Gasteiger partial charge >= 0.3 is 11.8 Å². The second-order valence-electron chi connectivity index (χ2n) is 4.12. The summed E-state index contributed by atoms with van der Waals surface area (Å²) in [5, 5.41) is 4.95. The summed E-state index contributed by atoms with van der Waals surface area (Å²) in [6.07, 6.45) is 1.89. The fourth-order valence-electron chi connectivity index (χ4n) is 1.70. The predicted molar refractivity (Wildman–Crippen MR) is 65.9 cm³/mol. The van der Waals surface area contributed by atoms with E-state index in [-0.39, 0.29) is 0 Å². The summed E-state index contributed by atoms with van der Waals surface area (Å²) >= 11 is 0. The molecule has 0 aromatic heterocycles. The molecule has 0 bridgehead atoms. The Morgan fingerprint density at radius 2 is 1.74 bits per heavy atom. The minimum absolute atomic E-state index is 0.333. The van der Waals surface area contributed by atoms with Gasteiger partial charge in [-0.2, -0.15) is 0 Å². The zero-order valence-corrected chi connectivity index (χ0v) is 10.6. The van der Waals surface area contributed by atoms with Gasteiger partial charge in [-0.25, -0.2) is 0 Å². The van der Waals surface area contributed by atoms with E-state index >= 15 is 0 Å². The smallest absolute Gasteiger partial charge is 0.312 e. The highest BCUT2D eigenvalue weighted by molar-refractivity contribution is 6.35. The Balaban J connectivity index is 2.23. The number of rotatable bonds is 6. The van der Waals surface area contributed by atoms with Crippen LogP contribution in [0.5, 0.6) is 0 Å². The van der Waals surface area contributed by atoms with Gasteiger partial charge < -0.3 is 20.4 Å². The molecule has 1 fully saturated rings. The van der Waals surface area contributed by atoms with Crippen LogP contribution >= 0.6 is 0 Å². The lowest BCUT2D eigenvalue weighted by atomic mass is 10.3. The zero-order chi connectivity index (χ0) is 14.1. The Hall–Kier alpha value is -2.12. The molecule has 19 heavy (non-hydrogen) atoms. The number of amides is 4. The molecule has 0 aromatic rings. The SMILES string of the molecule is O=CNCCCNC(=O)C(=O)N1CCN(C=O)CC1. The van der Waals surface area contributed by atoms with Crippen molar-refractivity contribution < 1.29 is 19.2 Å². The summed E-state index contributed by atoms with van der Waals surface area (Å²) in [6.45, 7) is 2.43. The minimum Gasteiger partial charge on any atom is -0.359 e. The van der Waals surface area contributed by atoms with E-state index in [2.05, 4.69) is 10.6 Å². The van der Waals surface area contributed by atoms with Gasteiger partial charge in [0.1, 0.15) is 0 Å². The predicted octanol–water partition coefficient (Wildman–Crippen LogP) is -2.46. The van der Waals surface area contributed by atoms with Gasteiger partial charge in [0.05, 0.1) is 0 Å². The Morgan fingerprint density at radius 1 is 1.05 bits per heavy atom. The monoisotopic (exact) mass is 270 g/mol. The summed E-state index contributed by atoms with van der Waals surface area (Å²) in [5.41, 5.74) is 0. The molecule has 0 radical (unpaired) electrons. The number of carbonyl (C=O) groups excluding carboxylic acids is 4. The molecule has 8 nitrogen and oxygen atoms in total. The van der Waals surface area contributed by atoms with Gasteiger partial charge in [-0.05, 0) is 6.42 Å². The maximum atomic E-state index is 11.7. The topological polar surface area (TPSA) is 98.8 Å². The molecule has 1 aliphatic heterocycles. The largest absolute Gasteiger partial charge is 0.359 e. The number of hydrogen-bond acceptors (Lipinski definition) is 4. The average molecular weight is 270 g/mol. The Morgan fingerprint density at radius 3 is 2.32 bits per heavy atom. The summed E-state index contributed by atoms with van der Waals surface area (Å²) < 4.78 is 0. The Kier molecular flexibility index (Phi) is 6.34. The van der Waals surface area contributed by atoms with E-state index in [0.29, 0.717) is 52.1 Å². The molecule has 0 aromatic carbocycles. The van der Waals surface area contributed by atoms with Crippen LogP contribution in [0.1, 0.15) is 6.42 Å². The summed E-state index contributed by atoms with van der Waals surface area (Å²) in [6, 6.07) is 0. The van der Waals surface area contributed by atoms with Crippen LogP contribution in [0.4, 0.5) is 0 Å². The highest BCUT2D eigenvalue weighted by atomic mass is 16.2. The lowest BCUT2D eigenvalue weighted by Gasteiger charge is -2.31. The van der Waals surface area contributed by atoms with Crippen LogP contribution in [0.2, 0.25) is 0 Å². The van der Waals surface area contributed by atoms with Gasteiger partial charge in [-0.15, -0.1) is 0 Å². The van der Waals surface area contributed by atoms with Crippen molar-refractivity contribution in [2.45, 2.75) is 6.42 Å². The molecule has 1 saturated heterocycles. The van der Waals surface area contributed by atoms with Crippen LogP contribution in [-0.2, 0) is 19.2 Å². The molecule has 0 saturated carbocycles. The first-order valence-corrected chi connectivity index (χ1v) is 6.12. The van der Waals surface area contributed by atoms with Crippen molar-refractivity contribution in [3.8, 4) is 0 Å². The van der Waals surface area contributed by atoms with Crippen molar-refractivity contribution in [3.63, 3.8) is 0 Å². The molecule has 106 valence electrons. The van der Waals surface area contributed by atoms with E-state index in [4.69, 9.17) is 0 Å². The third-order valence-electron chi connectivity index (χ3n) is 2.81. The number of carbonyl (C=O) groups is 4. The number of nitrogens with zero attached hydrogens (tertiary/aromatic N) is 2. The highest BCUT2D eigenvalue weighted by Gasteiger charge is 2.24. The molecule has 1 aliphatic rings. The third kappa shape index (κ3) is 4.94. The van der Waals surface area contributed by atoms with Crippen molar-refractivity contribution >= 4 is 24.6 Å². The minimum atomic E-state index is -0.648. The summed E-state index contributed by atoms with van der Waals surface area (Å²) in [5.74, 6) is -1.22. The molecule has 4 amide bonds. The van der Waals surface area contributed by atoms with Gasteiger partial charge in [-0.3, -0.25) is 19.2 Å². The van der Waals surface area contributed by atoms with Crippen LogP contribution in [0.25, 0.3) is 0 Å². The normalized spacial score (nSPS) is 14.7. The van der Waals surface area contributed by atoms with Gasteiger partial charge in [-0.1, -0.05) is 0 Å². The van der Waals surface area contributed by atoms with E-state index in [1.807, 2.05) is 0 Å². The van der Waals surface area contributed by atoms with E-state index < -0.39 is 11.8 Å². The maximum Gasteiger partial charge on any atom is 0.312 e. The van der Waals surface area contributed by atoms with Gasteiger partial charge in [0, 0.05) is 39.3 Å². The van der Waals surface area contributed by atoms with Crippen molar-refractivity contribution in [1.29, 1.82) is 0 Å². The van der Waals surface area contributed by atoms with Gasteiger partial charge in [0.15, 0.2) is 0 Å². The number of nitrogens with one attached hydrogen (secondary N) is 2. The second-order valence-corrected chi connectivity index (χ2v) is 4.12. The van der Waals surface area contributed by atoms with Crippen molar-refractivity contribution in [3.05, 3.63) is 0 Å². The molecule has 0 unspecified atom stereocenters. The van der Waals surface area contributed by atoms with E-state index in [1.165, 1.54) is 4.90 Å². The standard InChI is InChI=1S/C11H18N4O4/c16-8-12-2-1-3-13-10(18)11(19)15-6-4-14(9-17)5-7-15/h8-9H,1-7H2,(H,12,16)(H,13,18). The molecule has 1 rings (SSSR count). The van der Waals surface area contributed by atoms with E-state index in [0.717, 1.165) is 6.41 Å². The molecular formula is C11H18N4O4. The fourth-order valence-corrected chi connectivity index (χ4v) is 1.70. The summed E-state index contributed by atoms with van der Waals surface area (Å²) in [4.78, 5) is 46.8. The van der Waals surface area contributed by atoms with E-state index in [9.17, 15) is 19.2 Å². The average Bonchev–Trinajstić information content (AvgIpc) is 2.46. The number of piperazine rings is 1. The molecular weight excluding hydrogens is 252 g/mol. The number of hydrogen-bond donors (Lipinski definition) is 2. The molecule has 1 heterocycles. The Labute approximate surface area is 111 Å². The maximum absolute atomic E-state index is 11.7. The summed E-state index contributed by atoms with van der Waals surface area (Å²) in [7, 11) is 0. The van der Waals surface area contributed by atoms with Gasteiger partial charge in [0.25, 0.3) is 0 Å². The van der Waals surface area contributed by atoms with Gasteiger partial charge in [0.2, 0.25) is 12.8 Å². The molecule has 8 heteroatoms. The van der Waals surface area contributed by atoms with E-state index in [1.54, 1.807) is 4.90 Å². The molecule has 0 spiro atoms. The molecule has 2 N–H and O–H groups in total. The van der Waals surface area contributed by atoms with Crippen LogP contribution in [0, 0.1) is 0 Å². The van der Waals surface area contributed by atoms with Crippen molar-refractivity contribution in [2.75, 3.05) is 39.3 Å². The second kappa shape index (κ2) is 8.06. The van der Waals surface area contributed by atoms with Crippen LogP contribution in [0.3, 0.4) is 0 Å². The van der Waals surface area contributed by atoms with Crippen LogP contribution in [0.15, 0.2) is 0 Å². The Bertz CT molecular complexity index is 340. The molecule has 0 aliphatic carbocycles. The zero-order valence-electron chi connectivity index (χ0n) is 10.6. The van der Waals surface area contributed by atoms with Crippen molar-refractivity contribution in [1.82, 2.24) is 20.4 Å². The first-order chi connectivity index (χ1) is 9.19. The molecule has 0 atom stereocenters.